The molecule has 0 unspecified atom stereocenters. The van der Waals surface area contributed by atoms with Gasteiger partial charge in [-0.05, 0) is 97.1 Å². The maximum atomic E-state index is 5.05. The molecule has 0 N–H and O–H groups in total. The number of hydrogen-bond donors (Lipinski definition) is 0. The van der Waals surface area contributed by atoms with Gasteiger partial charge in [0.15, 0.2) is 0 Å². The van der Waals surface area contributed by atoms with Gasteiger partial charge in [0.1, 0.15) is 18.6 Å². The summed E-state index contributed by atoms with van der Waals surface area (Å²) < 4.78 is 8.67. The molecule has 17 heteroatoms. The number of oxazole rings is 1. The fourth-order valence-electron chi connectivity index (χ4n) is 6.42. The van der Waals surface area contributed by atoms with E-state index >= 15 is 0 Å². The van der Waals surface area contributed by atoms with Crippen LogP contribution in [-0.2, 0) is 13.1 Å². The van der Waals surface area contributed by atoms with Gasteiger partial charge in [0.2, 0.25) is 5.89 Å². The standard InChI is InChI=1S/C12H8N2.C11H10N2.C10H8N2.C8H6N2O.C7H8N4.C6H6N4/c1-3-9-5-6-10-4-2-8-14-12(10)11(9)13-7-1;1-3-7-12-10(5-1)9-11-6-2-4-8-13-11;1-3-7-11-9(5-1)10-6-2-4-8-12-10;1-2-4-9-7(3-1)8-10-5-6-11-8;1-3-8-10(5-1)7-11-6-2-4-9-11;1-3-7-9(5-1)10-6-2-4-8-10/h1-8H;1-8H,9H2;1-8H;1-6H;1-6H,7H2;1-6H. The molecule has 0 aliphatic carbocycles. The predicted molar refractivity (Wildman–Crippen MR) is 271 cm³/mol. The maximum absolute atomic E-state index is 5.05. The molecule has 12 heterocycles. The van der Waals surface area contributed by atoms with Crippen LogP contribution in [-0.4, -0.2) is 79.2 Å². The number of pyridine rings is 7. The molecule has 0 fully saturated rings. The van der Waals surface area contributed by atoms with E-state index in [0.29, 0.717) is 12.6 Å². The largest absolute Gasteiger partial charge is 0.443 e. The molecule has 12 aromatic heterocycles. The number of hydrogen-bond acceptors (Lipinski definition) is 13. The third kappa shape index (κ3) is 14.9. The Labute approximate surface area is 408 Å². The number of rotatable bonds is 7. The summed E-state index contributed by atoms with van der Waals surface area (Å²) in [5, 5.41) is 18.3. The minimum Gasteiger partial charge on any atom is -0.443 e. The molecule has 71 heavy (non-hydrogen) atoms. The predicted octanol–water partition coefficient (Wildman–Crippen LogP) is 9.71. The lowest BCUT2D eigenvalue weighted by Gasteiger charge is -2.00. The number of fused-ring (bicyclic) bond motifs is 3. The molecule has 0 aliphatic heterocycles. The Morgan fingerprint density at radius 2 is 0.761 bits per heavy atom. The minimum atomic E-state index is 0.561. The normalized spacial score (nSPS) is 10.1. The second-order valence-corrected chi connectivity index (χ2v) is 14.6. The Morgan fingerprint density at radius 3 is 1.14 bits per heavy atom. The van der Waals surface area contributed by atoms with Crippen molar-refractivity contribution in [2.75, 3.05) is 0 Å². The van der Waals surface area contributed by atoms with Crippen molar-refractivity contribution < 1.29 is 4.42 Å². The molecule has 17 nitrogen and oxygen atoms in total. The summed E-state index contributed by atoms with van der Waals surface area (Å²) in [6.07, 6.45) is 30.8. The van der Waals surface area contributed by atoms with E-state index in [1.54, 1.807) is 83.9 Å². The van der Waals surface area contributed by atoms with Crippen molar-refractivity contribution in [3.8, 4) is 23.0 Å². The molecule has 0 amide bonds. The third-order valence-corrected chi connectivity index (χ3v) is 9.67. The van der Waals surface area contributed by atoms with Crippen LogP contribution in [0.25, 0.3) is 44.8 Å². The van der Waals surface area contributed by atoms with E-state index in [0.717, 1.165) is 56.7 Å². The zero-order valence-corrected chi connectivity index (χ0v) is 38.2. The van der Waals surface area contributed by atoms with E-state index in [1.807, 2.05) is 162 Å². The fourth-order valence-corrected chi connectivity index (χ4v) is 6.42. The van der Waals surface area contributed by atoms with Gasteiger partial charge in [-0.25, -0.2) is 4.98 Å². The van der Waals surface area contributed by atoms with E-state index in [9.17, 15) is 0 Å². The van der Waals surface area contributed by atoms with E-state index in [2.05, 4.69) is 84.5 Å². The van der Waals surface area contributed by atoms with Gasteiger partial charge in [-0.1, -0.05) is 54.6 Å². The van der Waals surface area contributed by atoms with Gasteiger partial charge in [0, 0.05) is 96.7 Å². The topological polar surface area (TPSA) is 188 Å². The zero-order chi connectivity index (χ0) is 48.4. The minimum absolute atomic E-state index is 0.561. The van der Waals surface area contributed by atoms with Crippen LogP contribution in [0.4, 0.5) is 0 Å². The Kier molecular flexibility index (Phi) is 17.5. The van der Waals surface area contributed by atoms with Crippen molar-refractivity contribution in [2.45, 2.75) is 13.1 Å². The summed E-state index contributed by atoms with van der Waals surface area (Å²) >= 11 is 0. The quantitative estimate of drug-likeness (QED) is 0.138. The summed E-state index contributed by atoms with van der Waals surface area (Å²) in [6.45, 7) is 0.681. The summed E-state index contributed by atoms with van der Waals surface area (Å²) in [5.41, 5.74) is 6.66. The molecule has 0 saturated heterocycles. The summed E-state index contributed by atoms with van der Waals surface area (Å²) in [5.74, 6) is 0.561. The van der Waals surface area contributed by atoms with Gasteiger partial charge in [0.25, 0.3) is 0 Å². The van der Waals surface area contributed by atoms with Gasteiger partial charge < -0.3 is 4.42 Å². The van der Waals surface area contributed by atoms with Crippen LogP contribution in [0.15, 0.2) is 261 Å². The maximum Gasteiger partial charge on any atom is 0.244 e. The Balaban J connectivity index is 0.000000115. The van der Waals surface area contributed by atoms with Gasteiger partial charge in [-0.3, -0.25) is 44.3 Å². The van der Waals surface area contributed by atoms with E-state index in [-0.39, 0.29) is 0 Å². The average Bonchev–Trinajstić information content (AvgIpc) is 4.33. The first-order chi connectivity index (χ1) is 35.2. The lowest BCUT2D eigenvalue weighted by molar-refractivity contribution is 0.503. The van der Waals surface area contributed by atoms with E-state index < -0.39 is 0 Å². The molecule has 348 valence electrons. The highest BCUT2D eigenvalue weighted by Gasteiger charge is 2.02. The van der Waals surface area contributed by atoms with Gasteiger partial charge in [0.05, 0.1) is 53.4 Å². The summed E-state index contributed by atoms with van der Waals surface area (Å²) in [4.78, 5) is 36.8. The van der Waals surface area contributed by atoms with Crippen LogP contribution in [0.5, 0.6) is 0 Å². The third-order valence-electron chi connectivity index (χ3n) is 9.67. The summed E-state index contributed by atoms with van der Waals surface area (Å²) in [7, 11) is 0. The van der Waals surface area contributed by atoms with E-state index in [4.69, 9.17) is 4.42 Å². The van der Waals surface area contributed by atoms with Crippen molar-refractivity contribution in [1.29, 1.82) is 0 Å². The average molecular weight is 935 g/mol. The molecule has 0 atom stereocenters. The lowest BCUT2D eigenvalue weighted by atomic mass is 10.1. The molecular weight excluding hydrogens is 889 g/mol. The number of benzene rings is 1. The molecule has 1 aromatic carbocycles. The second kappa shape index (κ2) is 26.2. The van der Waals surface area contributed by atoms with Crippen LogP contribution < -0.4 is 0 Å². The van der Waals surface area contributed by atoms with Crippen LogP contribution in [0.3, 0.4) is 0 Å². The zero-order valence-electron chi connectivity index (χ0n) is 38.2. The van der Waals surface area contributed by atoms with Gasteiger partial charge in [-0.15, -0.1) is 0 Å². The molecule has 13 aromatic rings. The molecule has 0 aliphatic rings. The first-order valence-corrected chi connectivity index (χ1v) is 22.2. The highest BCUT2D eigenvalue weighted by molar-refractivity contribution is 6.02. The number of nitrogens with zero attached hydrogens (tertiary/aromatic N) is 16. The van der Waals surface area contributed by atoms with Crippen molar-refractivity contribution in [1.82, 2.24) is 79.2 Å². The molecule has 0 saturated carbocycles. The molecular formula is C54H46N16O. The first kappa shape index (κ1) is 47.3. The molecule has 0 bridgehead atoms. The smallest absolute Gasteiger partial charge is 0.244 e. The van der Waals surface area contributed by atoms with Gasteiger partial charge >= 0.3 is 0 Å². The molecule has 0 spiro atoms. The van der Waals surface area contributed by atoms with Crippen LogP contribution in [0.2, 0.25) is 0 Å². The number of aromatic nitrogens is 16. The Hall–Kier alpha value is -10.2. The van der Waals surface area contributed by atoms with Crippen molar-refractivity contribution in [3.63, 3.8) is 0 Å². The second-order valence-electron chi connectivity index (χ2n) is 14.6. The molecule has 0 radical (unpaired) electrons. The highest BCUT2D eigenvalue weighted by Crippen LogP contribution is 2.20. The van der Waals surface area contributed by atoms with Crippen molar-refractivity contribution >= 4 is 21.8 Å². The lowest BCUT2D eigenvalue weighted by Crippen LogP contribution is -2.09. The Morgan fingerprint density at radius 1 is 0.324 bits per heavy atom. The van der Waals surface area contributed by atoms with Crippen LogP contribution >= 0.6 is 0 Å². The van der Waals surface area contributed by atoms with Crippen LogP contribution in [0, 0.1) is 0 Å². The monoisotopic (exact) mass is 934 g/mol. The first-order valence-electron chi connectivity index (χ1n) is 22.2. The highest BCUT2D eigenvalue weighted by atomic mass is 16.3. The van der Waals surface area contributed by atoms with Crippen LogP contribution in [0.1, 0.15) is 11.4 Å². The van der Waals surface area contributed by atoms with Crippen molar-refractivity contribution in [3.05, 3.63) is 268 Å². The Bertz CT molecular complexity index is 3190. The van der Waals surface area contributed by atoms with Gasteiger partial charge in [-0.2, -0.15) is 30.0 Å². The summed E-state index contributed by atoms with van der Waals surface area (Å²) in [6, 6.07) is 48.7. The SMILES string of the molecule is c1ccc(-c2ccccn2)nc1.c1ccc(-c2ncco2)nc1.c1ccc(Cc2ccccn2)nc1.c1cnc2c(c1)ccc1cccnc12.c1cnn(-n2cccn2)c1.c1cnn(Cn2cccn2)c1. The van der Waals surface area contributed by atoms with Crippen molar-refractivity contribution in [2.24, 2.45) is 0 Å². The van der Waals surface area contributed by atoms with E-state index in [1.165, 1.54) is 6.26 Å². The molecule has 13 rings (SSSR count). The fraction of sp³-hybridized carbons (Fsp3) is 0.0370.